The lowest BCUT2D eigenvalue weighted by molar-refractivity contribution is 0.0857. The molecule has 1 aliphatic heterocycles. The zero-order valence-corrected chi connectivity index (χ0v) is 10.4. The molecule has 0 N–H and O–H groups in total. The van der Waals surface area contributed by atoms with Gasteiger partial charge in [0, 0.05) is 11.5 Å². The van der Waals surface area contributed by atoms with Gasteiger partial charge in [-0.1, -0.05) is 30.3 Å². The van der Waals surface area contributed by atoms with Gasteiger partial charge in [-0.15, -0.1) is 12.4 Å². The highest BCUT2D eigenvalue weighted by molar-refractivity contribution is 5.97. The number of halogens is 1. The quantitative estimate of drug-likeness (QED) is 0.740. The molecule has 2 nitrogen and oxygen atoms in total. The third-order valence-electron chi connectivity index (χ3n) is 3.15. The van der Waals surface area contributed by atoms with Crippen LogP contribution in [0.25, 0.3) is 0 Å². The Morgan fingerprint density at radius 3 is 2.31 bits per heavy atom. The van der Waals surface area contributed by atoms with Crippen LogP contribution in [0.5, 0.6) is 0 Å². The van der Waals surface area contributed by atoms with Gasteiger partial charge in [0.2, 0.25) is 0 Å². The summed E-state index contributed by atoms with van der Waals surface area (Å²) < 4.78 is 0. The average Bonchev–Trinajstić information content (AvgIpc) is 2.30. The van der Waals surface area contributed by atoms with Crippen molar-refractivity contribution < 1.29 is 4.79 Å². The Bertz CT molecular complexity index is 331. The summed E-state index contributed by atoms with van der Waals surface area (Å²) in [5, 5.41) is 0. The normalized spacial score (nSPS) is 17.8. The Kier molecular flexibility index (Phi) is 4.97. The highest BCUT2D eigenvalue weighted by Gasteiger charge is 2.23. The fourth-order valence-electron chi connectivity index (χ4n) is 2.11. The first-order valence-corrected chi connectivity index (χ1v) is 5.55. The molecule has 88 valence electrons. The Labute approximate surface area is 103 Å². The molecule has 0 bridgehead atoms. The first-order chi connectivity index (χ1) is 7.27. The molecule has 1 heterocycles. The molecule has 1 aliphatic rings. The molecule has 0 spiro atoms. The second kappa shape index (κ2) is 6.02. The zero-order valence-electron chi connectivity index (χ0n) is 9.56. The monoisotopic (exact) mass is 239 g/mol. The molecular weight excluding hydrogens is 222 g/mol. The van der Waals surface area contributed by atoms with Gasteiger partial charge in [0.25, 0.3) is 0 Å². The summed E-state index contributed by atoms with van der Waals surface area (Å²) in [6.45, 7) is 2.09. The summed E-state index contributed by atoms with van der Waals surface area (Å²) in [6, 6.07) is 9.65. The Morgan fingerprint density at radius 1 is 1.19 bits per heavy atom. The molecule has 16 heavy (non-hydrogen) atoms. The summed E-state index contributed by atoms with van der Waals surface area (Å²) in [6.07, 6.45) is 2.01. The fraction of sp³-hybridized carbons (Fsp3) is 0.462. The van der Waals surface area contributed by atoms with E-state index in [1.807, 2.05) is 30.3 Å². The first-order valence-electron chi connectivity index (χ1n) is 5.55. The molecule has 0 amide bonds. The second-order valence-corrected chi connectivity index (χ2v) is 4.31. The van der Waals surface area contributed by atoms with Crippen molar-refractivity contribution in [3.8, 4) is 0 Å². The maximum Gasteiger partial charge on any atom is 0.166 e. The van der Waals surface area contributed by atoms with Crippen molar-refractivity contribution in [3.05, 3.63) is 35.9 Å². The number of carbonyl (C=O) groups excluding carboxylic acids is 1. The predicted molar refractivity (Wildman–Crippen MR) is 68.2 cm³/mol. The maximum absolute atomic E-state index is 12.1. The molecule has 0 atom stereocenters. The molecular formula is C13H18ClNO. The fourth-order valence-corrected chi connectivity index (χ4v) is 2.11. The van der Waals surface area contributed by atoms with Gasteiger partial charge in [-0.3, -0.25) is 4.79 Å². The predicted octanol–water partition coefficient (Wildman–Crippen LogP) is 2.63. The summed E-state index contributed by atoms with van der Waals surface area (Å²) in [4.78, 5) is 14.4. The summed E-state index contributed by atoms with van der Waals surface area (Å²) in [7, 11) is 2.11. The van der Waals surface area contributed by atoms with E-state index in [9.17, 15) is 4.79 Å². The van der Waals surface area contributed by atoms with Crippen LogP contribution < -0.4 is 0 Å². The molecule has 3 heteroatoms. The van der Waals surface area contributed by atoms with Gasteiger partial charge in [0.1, 0.15) is 0 Å². The molecule has 2 rings (SSSR count). The molecule has 0 aliphatic carbocycles. The van der Waals surface area contributed by atoms with Gasteiger partial charge < -0.3 is 4.90 Å². The van der Waals surface area contributed by atoms with Gasteiger partial charge in [-0.05, 0) is 33.0 Å². The number of benzene rings is 1. The SMILES string of the molecule is CN1CCC(C(=O)c2ccccc2)CC1.Cl. The van der Waals surface area contributed by atoms with E-state index in [2.05, 4.69) is 11.9 Å². The number of ketones is 1. The van der Waals surface area contributed by atoms with Crippen LogP contribution in [0, 0.1) is 5.92 Å². The number of hydrogen-bond acceptors (Lipinski definition) is 2. The molecule has 0 aromatic heterocycles. The van der Waals surface area contributed by atoms with Crippen molar-refractivity contribution >= 4 is 18.2 Å². The Morgan fingerprint density at radius 2 is 1.75 bits per heavy atom. The van der Waals surface area contributed by atoms with Gasteiger partial charge in [0.05, 0.1) is 0 Å². The molecule has 0 unspecified atom stereocenters. The summed E-state index contributed by atoms with van der Waals surface area (Å²) >= 11 is 0. The van der Waals surface area contributed by atoms with Gasteiger partial charge in [-0.2, -0.15) is 0 Å². The van der Waals surface area contributed by atoms with E-state index in [0.717, 1.165) is 31.5 Å². The van der Waals surface area contributed by atoms with E-state index < -0.39 is 0 Å². The molecule has 0 radical (unpaired) electrons. The lowest BCUT2D eigenvalue weighted by Gasteiger charge is -2.27. The van der Waals surface area contributed by atoms with Crippen LogP contribution in [0.2, 0.25) is 0 Å². The molecule has 1 saturated heterocycles. The summed E-state index contributed by atoms with van der Waals surface area (Å²) in [5.41, 5.74) is 0.868. The van der Waals surface area contributed by atoms with Crippen LogP contribution >= 0.6 is 12.4 Å². The van der Waals surface area contributed by atoms with Crippen molar-refractivity contribution in [1.29, 1.82) is 0 Å². The van der Waals surface area contributed by atoms with Crippen molar-refractivity contribution in [2.45, 2.75) is 12.8 Å². The van der Waals surface area contributed by atoms with E-state index >= 15 is 0 Å². The van der Waals surface area contributed by atoms with Crippen LogP contribution in [-0.4, -0.2) is 30.8 Å². The van der Waals surface area contributed by atoms with Gasteiger partial charge >= 0.3 is 0 Å². The zero-order chi connectivity index (χ0) is 10.7. The smallest absolute Gasteiger partial charge is 0.166 e. The van der Waals surface area contributed by atoms with Crippen molar-refractivity contribution in [1.82, 2.24) is 4.90 Å². The summed E-state index contributed by atoms with van der Waals surface area (Å²) in [5.74, 6) is 0.562. The lowest BCUT2D eigenvalue weighted by atomic mass is 9.89. The van der Waals surface area contributed by atoms with Crippen molar-refractivity contribution in [2.75, 3.05) is 20.1 Å². The maximum atomic E-state index is 12.1. The number of nitrogens with zero attached hydrogens (tertiary/aromatic N) is 1. The van der Waals surface area contributed by atoms with Gasteiger partial charge in [-0.25, -0.2) is 0 Å². The third-order valence-corrected chi connectivity index (χ3v) is 3.15. The molecule has 1 aromatic rings. The van der Waals surface area contributed by atoms with E-state index in [1.54, 1.807) is 0 Å². The number of Topliss-reactive ketones (excluding diaryl/α,β-unsaturated/α-hetero) is 1. The topological polar surface area (TPSA) is 20.3 Å². The Balaban J connectivity index is 0.00000128. The first kappa shape index (κ1) is 13.2. The number of hydrogen-bond donors (Lipinski definition) is 0. The number of piperidine rings is 1. The van der Waals surface area contributed by atoms with E-state index in [-0.39, 0.29) is 18.3 Å². The minimum absolute atomic E-state index is 0. The molecule has 1 fully saturated rings. The van der Waals surface area contributed by atoms with Crippen LogP contribution in [0.4, 0.5) is 0 Å². The van der Waals surface area contributed by atoms with Crippen LogP contribution in [0.3, 0.4) is 0 Å². The van der Waals surface area contributed by atoms with Crippen LogP contribution in [0.15, 0.2) is 30.3 Å². The third kappa shape index (κ3) is 3.06. The standard InChI is InChI=1S/C13H17NO.ClH/c1-14-9-7-12(8-10-14)13(15)11-5-3-2-4-6-11;/h2-6,12H,7-10H2,1H3;1H. The average molecular weight is 240 g/mol. The highest BCUT2D eigenvalue weighted by Crippen LogP contribution is 2.20. The van der Waals surface area contributed by atoms with Crippen molar-refractivity contribution in [3.63, 3.8) is 0 Å². The lowest BCUT2D eigenvalue weighted by Crippen LogP contribution is -2.33. The van der Waals surface area contributed by atoms with Gasteiger partial charge in [0.15, 0.2) is 5.78 Å². The second-order valence-electron chi connectivity index (χ2n) is 4.31. The van der Waals surface area contributed by atoms with E-state index in [4.69, 9.17) is 0 Å². The minimum atomic E-state index is 0. The minimum Gasteiger partial charge on any atom is -0.306 e. The number of likely N-dealkylation sites (tertiary alicyclic amines) is 1. The van der Waals surface area contributed by atoms with Crippen LogP contribution in [-0.2, 0) is 0 Å². The highest BCUT2D eigenvalue weighted by atomic mass is 35.5. The largest absolute Gasteiger partial charge is 0.306 e. The van der Waals surface area contributed by atoms with E-state index in [1.165, 1.54) is 0 Å². The van der Waals surface area contributed by atoms with E-state index in [0.29, 0.717) is 5.78 Å². The number of carbonyl (C=O) groups is 1. The molecule has 1 aromatic carbocycles. The Hall–Kier alpha value is -0.860. The number of rotatable bonds is 2. The van der Waals surface area contributed by atoms with Crippen molar-refractivity contribution in [2.24, 2.45) is 5.92 Å². The van der Waals surface area contributed by atoms with Crippen LogP contribution in [0.1, 0.15) is 23.2 Å². The molecule has 0 saturated carbocycles.